The van der Waals surface area contributed by atoms with Crippen molar-refractivity contribution in [3.8, 4) is 17.6 Å². The fourth-order valence-corrected chi connectivity index (χ4v) is 4.96. The molecule has 0 unspecified atom stereocenters. The van der Waals surface area contributed by atoms with Gasteiger partial charge in [-0.15, -0.1) is 11.3 Å². The number of amides is 2. The van der Waals surface area contributed by atoms with Crippen molar-refractivity contribution in [2.24, 2.45) is 5.10 Å². The molecule has 0 radical (unpaired) electrons. The second kappa shape index (κ2) is 11.3. The van der Waals surface area contributed by atoms with E-state index in [9.17, 15) is 19.6 Å². The highest BCUT2D eigenvalue weighted by Crippen LogP contribution is 2.37. The van der Waals surface area contributed by atoms with Gasteiger partial charge in [0.15, 0.2) is 11.5 Å². The first kappa shape index (κ1) is 24.6. The molecule has 0 aliphatic heterocycles. The number of nitrogens with zero attached hydrogens (tertiary/aromatic N) is 2. The number of carbonyl (C=O) groups is 3. The third kappa shape index (κ3) is 5.59. The number of hydrazone groups is 1. The second-order valence-electron chi connectivity index (χ2n) is 7.85. The normalized spacial score (nSPS) is 12.3. The lowest BCUT2D eigenvalue weighted by Gasteiger charge is -2.10. The van der Waals surface area contributed by atoms with Crippen LogP contribution in [-0.2, 0) is 22.4 Å². The van der Waals surface area contributed by atoms with E-state index >= 15 is 0 Å². The molecule has 182 valence electrons. The number of carbonyl (C=O) groups excluding carboxylic acids is 3. The van der Waals surface area contributed by atoms with Crippen molar-refractivity contribution in [2.75, 3.05) is 12.4 Å². The van der Waals surface area contributed by atoms with Crippen molar-refractivity contribution in [2.45, 2.75) is 25.7 Å². The maximum Gasteiger partial charge on any atom is 0.343 e. The molecule has 1 aliphatic carbocycles. The molecule has 36 heavy (non-hydrogen) atoms. The minimum atomic E-state index is -0.970. The zero-order chi connectivity index (χ0) is 25.5. The van der Waals surface area contributed by atoms with Crippen LogP contribution < -0.4 is 20.2 Å². The molecular formula is C26H22N4O5S. The molecule has 0 fully saturated rings. The van der Waals surface area contributed by atoms with Crippen molar-refractivity contribution < 1.29 is 23.9 Å². The number of hydrogen-bond acceptors (Lipinski definition) is 8. The van der Waals surface area contributed by atoms with Crippen molar-refractivity contribution in [3.05, 3.63) is 75.7 Å². The molecule has 2 aromatic carbocycles. The van der Waals surface area contributed by atoms with Crippen LogP contribution in [0.4, 0.5) is 5.00 Å². The van der Waals surface area contributed by atoms with Gasteiger partial charge in [-0.3, -0.25) is 9.59 Å². The number of esters is 1. The van der Waals surface area contributed by atoms with E-state index in [0.717, 1.165) is 36.1 Å². The minimum Gasteiger partial charge on any atom is -0.493 e. The number of aryl methyl sites for hydroxylation is 1. The van der Waals surface area contributed by atoms with E-state index < -0.39 is 17.8 Å². The Kier molecular flexibility index (Phi) is 7.72. The van der Waals surface area contributed by atoms with Crippen LogP contribution in [0.3, 0.4) is 0 Å². The first-order valence-electron chi connectivity index (χ1n) is 11.1. The molecule has 0 bridgehead atoms. The monoisotopic (exact) mass is 502 g/mol. The van der Waals surface area contributed by atoms with Gasteiger partial charge in [-0.05, 0) is 67.1 Å². The largest absolute Gasteiger partial charge is 0.493 e. The van der Waals surface area contributed by atoms with Crippen LogP contribution in [0.2, 0.25) is 0 Å². The maximum atomic E-state index is 12.3. The lowest BCUT2D eigenvalue weighted by molar-refractivity contribution is -0.136. The molecule has 1 aliphatic rings. The van der Waals surface area contributed by atoms with E-state index in [4.69, 9.17) is 9.47 Å². The molecule has 2 amide bonds. The Morgan fingerprint density at radius 3 is 2.58 bits per heavy atom. The predicted octanol–water partition coefficient (Wildman–Crippen LogP) is 3.82. The van der Waals surface area contributed by atoms with Crippen LogP contribution in [0, 0.1) is 11.3 Å². The zero-order valence-electron chi connectivity index (χ0n) is 19.4. The number of rotatable bonds is 6. The molecule has 0 saturated heterocycles. The number of nitrogens with one attached hydrogen (secondary N) is 2. The summed E-state index contributed by atoms with van der Waals surface area (Å²) >= 11 is 1.34. The molecular weight excluding hydrogens is 480 g/mol. The molecule has 4 rings (SSSR count). The van der Waals surface area contributed by atoms with Crippen molar-refractivity contribution in [3.63, 3.8) is 0 Å². The number of ether oxygens (including phenoxy) is 2. The third-order valence-corrected chi connectivity index (χ3v) is 6.70. The van der Waals surface area contributed by atoms with Gasteiger partial charge in [0.1, 0.15) is 11.1 Å². The fraction of sp³-hybridized carbons (Fsp3) is 0.192. The number of fused-ring (bicyclic) bond motifs is 1. The van der Waals surface area contributed by atoms with Crippen LogP contribution in [0.25, 0.3) is 0 Å². The fourth-order valence-electron chi connectivity index (χ4n) is 3.73. The van der Waals surface area contributed by atoms with Gasteiger partial charge in [-0.2, -0.15) is 10.4 Å². The van der Waals surface area contributed by atoms with Gasteiger partial charge in [0.2, 0.25) is 0 Å². The lowest BCUT2D eigenvalue weighted by Crippen LogP contribution is -2.32. The van der Waals surface area contributed by atoms with Gasteiger partial charge in [-0.25, -0.2) is 10.2 Å². The molecule has 0 atom stereocenters. The molecule has 3 aromatic rings. The predicted molar refractivity (Wildman–Crippen MR) is 134 cm³/mol. The SMILES string of the molecule is COc1cc(/C=N\NC(=O)C(=O)Nc2sc3c(c2C#N)CCCC3)ccc1OC(=O)c1ccccc1. The molecule has 10 heteroatoms. The summed E-state index contributed by atoms with van der Waals surface area (Å²) in [6.45, 7) is 0. The summed E-state index contributed by atoms with van der Waals surface area (Å²) in [5.41, 5.74) is 4.50. The zero-order valence-corrected chi connectivity index (χ0v) is 20.2. The maximum absolute atomic E-state index is 12.3. The van der Waals surface area contributed by atoms with Crippen molar-refractivity contribution in [1.29, 1.82) is 5.26 Å². The summed E-state index contributed by atoms with van der Waals surface area (Å²) in [5, 5.41) is 16.2. The molecule has 0 saturated carbocycles. The van der Waals surface area contributed by atoms with Crippen LogP contribution in [-0.4, -0.2) is 31.1 Å². The molecule has 9 nitrogen and oxygen atoms in total. The van der Waals surface area contributed by atoms with E-state index in [1.165, 1.54) is 30.7 Å². The van der Waals surface area contributed by atoms with Gasteiger partial charge in [0, 0.05) is 4.88 Å². The highest BCUT2D eigenvalue weighted by Gasteiger charge is 2.23. The van der Waals surface area contributed by atoms with Crippen LogP contribution in [0.1, 0.15) is 44.8 Å². The number of hydrogen-bond donors (Lipinski definition) is 2. The Labute approximate surface area is 211 Å². The Balaban J connectivity index is 1.37. The summed E-state index contributed by atoms with van der Waals surface area (Å²) < 4.78 is 10.7. The smallest absolute Gasteiger partial charge is 0.343 e. The second-order valence-corrected chi connectivity index (χ2v) is 8.95. The molecule has 0 spiro atoms. The standard InChI is InChI=1S/C26H22N4O5S/c1-34-21-13-16(11-12-20(21)35-26(33)17-7-3-2-4-8-17)15-28-30-24(32)23(31)29-25-19(14-27)18-9-5-6-10-22(18)36-25/h2-4,7-8,11-13,15H,5-6,9-10H2,1H3,(H,29,31)(H,30,32)/b28-15-. The number of anilines is 1. The van der Waals surface area contributed by atoms with E-state index in [-0.39, 0.29) is 11.5 Å². The van der Waals surface area contributed by atoms with E-state index in [1.807, 2.05) is 0 Å². The summed E-state index contributed by atoms with van der Waals surface area (Å²) in [6.07, 6.45) is 5.04. The Morgan fingerprint density at radius 2 is 1.83 bits per heavy atom. The first-order chi connectivity index (χ1) is 17.5. The Hall–Kier alpha value is -4.49. The van der Waals surface area contributed by atoms with Gasteiger partial charge in [0.25, 0.3) is 0 Å². The summed E-state index contributed by atoms with van der Waals surface area (Å²) in [6, 6.07) is 15.4. The van der Waals surface area contributed by atoms with E-state index in [1.54, 1.807) is 42.5 Å². The number of thiophene rings is 1. The average Bonchev–Trinajstić information content (AvgIpc) is 3.26. The van der Waals surface area contributed by atoms with Crippen LogP contribution in [0.5, 0.6) is 11.5 Å². The summed E-state index contributed by atoms with van der Waals surface area (Å²) in [7, 11) is 1.43. The minimum absolute atomic E-state index is 0.221. The van der Waals surface area contributed by atoms with Gasteiger partial charge in [-0.1, -0.05) is 18.2 Å². The highest BCUT2D eigenvalue weighted by molar-refractivity contribution is 7.16. The average molecular weight is 503 g/mol. The van der Waals surface area contributed by atoms with Crippen molar-refractivity contribution >= 4 is 40.3 Å². The topological polar surface area (TPSA) is 130 Å². The number of benzene rings is 2. The highest BCUT2D eigenvalue weighted by atomic mass is 32.1. The summed E-state index contributed by atoms with van der Waals surface area (Å²) in [4.78, 5) is 37.9. The number of nitriles is 1. The van der Waals surface area contributed by atoms with Crippen molar-refractivity contribution in [1.82, 2.24) is 5.43 Å². The lowest BCUT2D eigenvalue weighted by atomic mass is 9.96. The van der Waals surface area contributed by atoms with Gasteiger partial charge >= 0.3 is 17.8 Å². The van der Waals surface area contributed by atoms with Crippen LogP contribution in [0.15, 0.2) is 53.6 Å². The molecule has 2 N–H and O–H groups in total. The summed E-state index contributed by atoms with van der Waals surface area (Å²) in [5.74, 6) is -1.90. The number of methoxy groups -OCH3 is 1. The van der Waals surface area contributed by atoms with E-state index in [2.05, 4.69) is 21.9 Å². The first-order valence-corrected chi connectivity index (χ1v) is 12.0. The Morgan fingerprint density at radius 1 is 1.06 bits per heavy atom. The van der Waals surface area contributed by atoms with Crippen LogP contribution >= 0.6 is 11.3 Å². The quantitative estimate of drug-likeness (QED) is 0.173. The van der Waals surface area contributed by atoms with E-state index in [0.29, 0.717) is 21.7 Å². The Bertz CT molecular complexity index is 1370. The van der Waals surface area contributed by atoms with Gasteiger partial charge in [0.05, 0.1) is 24.5 Å². The van der Waals surface area contributed by atoms with Gasteiger partial charge < -0.3 is 14.8 Å². The third-order valence-electron chi connectivity index (χ3n) is 5.50. The molecule has 1 heterocycles. The molecule has 1 aromatic heterocycles.